The molecule has 0 bridgehead atoms. The fourth-order valence-corrected chi connectivity index (χ4v) is 0.502. The maximum Gasteiger partial charge on any atom is 0.304 e. The molecule has 0 saturated heterocycles. The van der Waals surface area contributed by atoms with Crippen LogP contribution in [0.25, 0.3) is 0 Å². The van der Waals surface area contributed by atoms with E-state index in [0.29, 0.717) is 6.61 Å². The summed E-state index contributed by atoms with van der Waals surface area (Å²) in [5.74, 6) is -0.309. The van der Waals surface area contributed by atoms with Crippen LogP contribution >= 0.6 is 0 Å². The highest BCUT2D eigenvalue weighted by Crippen LogP contribution is 1.91. The fourth-order valence-electron chi connectivity index (χ4n) is 0.502. The highest BCUT2D eigenvalue weighted by atomic mass is 16.7. The first-order valence-electron chi connectivity index (χ1n) is 4.34. The molecule has 0 saturated carbocycles. The number of hydrogen-bond donors (Lipinski definition) is 0. The van der Waals surface area contributed by atoms with Crippen LogP contribution in [-0.2, 0) is 19.1 Å². The molecule has 0 aliphatic heterocycles. The van der Waals surface area contributed by atoms with Crippen molar-refractivity contribution in [3.8, 4) is 0 Å². The lowest BCUT2D eigenvalue weighted by Crippen LogP contribution is -2.15. The minimum absolute atomic E-state index is 0.309. The first kappa shape index (κ1) is 15.4. The summed E-state index contributed by atoms with van der Waals surface area (Å²) in [5, 5.41) is 0. The molecular weight excluding hydrogens is 186 g/mol. The van der Waals surface area contributed by atoms with Crippen LogP contribution in [0.3, 0.4) is 0 Å². The van der Waals surface area contributed by atoms with Gasteiger partial charge in [-0.1, -0.05) is 0 Å². The zero-order valence-corrected chi connectivity index (χ0v) is 9.44. The molecule has 0 fully saturated rings. The predicted molar refractivity (Wildman–Crippen MR) is 52.6 cm³/mol. The molecule has 14 heavy (non-hydrogen) atoms. The molecule has 0 heterocycles. The molecule has 0 spiro atoms. The van der Waals surface area contributed by atoms with Crippen molar-refractivity contribution >= 4 is 12.4 Å². The molecule has 0 aliphatic rings. The normalized spacial score (nSPS) is 10.6. The molecule has 5 nitrogen and oxygen atoms in total. The number of hydrogen-bond acceptors (Lipinski definition) is 4. The van der Waals surface area contributed by atoms with Crippen LogP contribution in [0.5, 0.6) is 0 Å². The van der Waals surface area contributed by atoms with Gasteiger partial charge in [0.05, 0.1) is 0 Å². The van der Waals surface area contributed by atoms with Gasteiger partial charge in [-0.05, 0) is 13.8 Å². The lowest BCUT2D eigenvalue weighted by Gasteiger charge is -2.09. The van der Waals surface area contributed by atoms with Crippen molar-refractivity contribution in [3.05, 3.63) is 0 Å². The van der Waals surface area contributed by atoms with Gasteiger partial charge in [-0.2, -0.15) is 0 Å². The largest absolute Gasteiger partial charge is 0.436 e. The zero-order valence-electron chi connectivity index (χ0n) is 9.44. The number of nitrogens with zero attached hydrogens (tertiary/aromatic N) is 1. The highest BCUT2D eigenvalue weighted by Gasteiger charge is 2.01. The van der Waals surface area contributed by atoms with Crippen LogP contribution in [0.15, 0.2) is 0 Å². The van der Waals surface area contributed by atoms with E-state index in [0.717, 1.165) is 6.41 Å². The van der Waals surface area contributed by atoms with Gasteiger partial charge in [0.2, 0.25) is 6.41 Å². The van der Waals surface area contributed by atoms with Gasteiger partial charge in [0.1, 0.15) is 0 Å². The van der Waals surface area contributed by atoms with E-state index in [9.17, 15) is 9.59 Å². The van der Waals surface area contributed by atoms with Crippen LogP contribution < -0.4 is 0 Å². The number of carbonyl (C=O) groups excluding carboxylic acids is 2. The zero-order chi connectivity index (χ0) is 11.6. The van der Waals surface area contributed by atoms with Crippen molar-refractivity contribution < 1.29 is 19.1 Å². The Morgan fingerprint density at radius 1 is 1.50 bits per heavy atom. The third-order valence-electron chi connectivity index (χ3n) is 0.944. The Hall–Kier alpha value is -1.10. The Morgan fingerprint density at radius 2 is 1.93 bits per heavy atom. The van der Waals surface area contributed by atoms with Gasteiger partial charge in [0.25, 0.3) is 0 Å². The van der Waals surface area contributed by atoms with E-state index in [2.05, 4.69) is 4.74 Å². The molecule has 0 aromatic heterocycles. The van der Waals surface area contributed by atoms with Crippen LogP contribution in [0.4, 0.5) is 0 Å². The molecule has 0 radical (unpaired) electrons. The topological polar surface area (TPSA) is 55.8 Å². The van der Waals surface area contributed by atoms with Gasteiger partial charge in [0, 0.05) is 27.6 Å². The van der Waals surface area contributed by atoms with Crippen LogP contribution in [0.1, 0.15) is 20.8 Å². The fraction of sp³-hybridized carbons (Fsp3) is 0.778. The van der Waals surface area contributed by atoms with E-state index in [4.69, 9.17) is 4.74 Å². The molecule has 0 rings (SSSR count). The SMILES string of the molecule is CCOC(C)OC(C)=O.CN(C)C=O. The Balaban J connectivity index is 0. The molecule has 5 heteroatoms. The van der Waals surface area contributed by atoms with Crippen molar-refractivity contribution in [2.75, 3.05) is 20.7 Å². The minimum Gasteiger partial charge on any atom is -0.436 e. The lowest BCUT2D eigenvalue weighted by molar-refractivity contribution is -0.171. The van der Waals surface area contributed by atoms with E-state index >= 15 is 0 Å². The summed E-state index contributed by atoms with van der Waals surface area (Å²) in [6.45, 7) is 5.45. The summed E-state index contributed by atoms with van der Waals surface area (Å²) in [7, 11) is 3.38. The molecule has 0 aromatic rings. The van der Waals surface area contributed by atoms with Gasteiger partial charge >= 0.3 is 5.97 Å². The number of esters is 1. The first-order valence-corrected chi connectivity index (χ1v) is 4.34. The first-order chi connectivity index (χ1) is 6.43. The lowest BCUT2D eigenvalue weighted by atomic mass is 10.7. The Bertz CT molecular complexity index is 159. The molecule has 0 aliphatic carbocycles. The second-order valence-electron chi connectivity index (χ2n) is 2.70. The number of carbonyl (C=O) groups is 2. The average molecular weight is 205 g/mol. The second-order valence-corrected chi connectivity index (χ2v) is 2.70. The van der Waals surface area contributed by atoms with Crippen molar-refractivity contribution in [2.24, 2.45) is 0 Å². The molecule has 1 amide bonds. The molecule has 1 atom stereocenters. The summed E-state index contributed by atoms with van der Waals surface area (Å²) >= 11 is 0. The number of amides is 1. The standard InChI is InChI=1S/C6H12O3.C3H7NO/c1-4-8-6(3)9-5(2)7;1-4(2)3-5/h6H,4H2,1-3H3;3H,1-2H3. The molecular formula is C9H19NO4. The van der Waals surface area contributed by atoms with Crippen molar-refractivity contribution in [2.45, 2.75) is 27.1 Å². The van der Waals surface area contributed by atoms with Gasteiger partial charge in [-0.25, -0.2) is 0 Å². The molecule has 1 unspecified atom stereocenters. The maximum atomic E-state index is 10.2. The Morgan fingerprint density at radius 3 is 2.14 bits per heavy atom. The van der Waals surface area contributed by atoms with Crippen LogP contribution in [0.2, 0.25) is 0 Å². The van der Waals surface area contributed by atoms with E-state index in [1.807, 2.05) is 6.92 Å². The van der Waals surface area contributed by atoms with E-state index in [-0.39, 0.29) is 5.97 Å². The van der Waals surface area contributed by atoms with E-state index in [1.165, 1.54) is 11.8 Å². The van der Waals surface area contributed by atoms with Gasteiger partial charge in [0.15, 0.2) is 6.29 Å². The molecule has 84 valence electrons. The second kappa shape index (κ2) is 9.98. The summed E-state index contributed by atoms with van der Waals surface area (Å²) in [5.41, 5.74) is 0. The summed E-state index contributed by atoms with van der Waals surface area (Å²) < 4.78 is 9.54. The number of ether oxygens (including phenoxy) is 2. The summed E-state index contributed by atoms with van der Waals surface area (Å²) in [6, 6.07) is 0. The van der Waals surface area contributed by atoms with Crippen molar-refractivity contribution in [1.82, 2.24) is 4.90 Å². The third-order valence-corrected chi connectivity index (χ3v) is 0.944. The summed E-state index contributed by atoms with van der Waals surface area (Å²) in [6.07, 6.45) is 0.340. The highest BCUT2D eigenvalue weighted by molar-refractivity contribution is 5.65. The Labute approximate surface area is 85.0 Å². The third kappa shape index (κ3) is 17.1. The quantitative estimate of drug-likeness (QED) is 0.384. The smallest absolute Gasteiger partial charge is 0.304 e. The minimum atomic E-state index is -0.410. The van der Waals surface area contributed by atoms with E-state index < -0.39 is 6.29 Å². The Kier molecular flexibility index (Phi) is 11.0. The van der Waals surface area contributed by atoms with E-state index in [1.54, 1.807) is 21.0 Å². The summed E-state index contributed by atoms with van der Waals surface area (Å²) in [4.78, 5) is 21.1. The molecule has 0 N–H and O–H groups in total. The van der Waals surface area contributed by atoms with Crippen LogP contribution in [0, 0.1) is 0 Å². The van der Waals surface area contributed by atoms with Crippen LogP contribution in [-0.4, -0.2) is 44.3 Å². The van der Waals surface area contributed by atoms with Gasteiger partial charge in [-0.15, -0.1) is 0 Å². The monoisotopic (exact) mass is 205 g/mol. The van der Waals surface area contributed by atoms with Crippen molar-refractivity contribution in [1.29, 1.82) is 0 Å². The number of rotatable bonds is 4. The van der Waals surface area contributed by atoms with Crippen molar-refractivity contribution in [3.63, 3.8) is 0 Å². The molecule has 0 aromatic carbocycles. The van der Waals surface area contributed by atoms with Gasteiger partial charge in [-0.3, -0.25) is 9.59 Å². The maximum absolute atomic E-state index is 10.2. The van der Waals surface area contributed by atoms with Gasteiger partial charge < -0.3 is 14.4 Å². The average Bonchev–Trinajstić information content (AvgIpc) is 2.04. The predicted octanol–water partition coefficient (Wildman–Crippen LogP) is 0.636.